The first-order valence-corrected chi connectivity index (χ1v) is 10.1. The monoisotopic (exact) mass is 321 g/mol. The van der Waals surface area contributed by atoms with Crippen molar-refractivity contribution in [2.24, 2.45) is 11.8 Å². The van der Waals surface area contributed by atoms with Gasteiger partial charge in [-0.25, -0.2) is 0 Å². The van der Waals surface area contributed by atoms with Gasteiger partial charge in [-0.3, -0.25) is 0 Å². The van der Waals surface area contributed by atoms with Crippen LogP contribution in [0.5, 0.6) is 0 Å². The Hall–Kier alpha value is -0.380. The summed E-state index contributed by atoms with van der Waals surface area (Å²) in [5.41, 5.74) is 0. The molecule has 22 heavy (non-hydrogen) atoms. The van der Waals surface area contributed by atoms with Gasteiger partial charge in [-0.15, -0.1) is 11.3 Å². The maximum Gasteiger partial charge on any atom is 0.0571 e. The zero-order valence-electron chi connectivity index (χ0n) is 13.9. The fourth-order valence-electron chi connectivity index (χ4n) is 4.71. The molecule has 2 aliphatic carbocycles. The van der Waals surface area contributed by atoms with Gasteiger partial charge >= 0.3 is 0 Å². The van der Waals surface area contributed by atoms with Crippen LogP contribution >= 0.6 is 11.3 Å². The number of fused-ring (bicyclic) bond motifs is 1. The molecule has 2 saturated carbocycles. The first-order valence-electron chi connectivity index (χ1n) is 9.22. The van der Waals surface area contributed by atoms with Gasteiger partial charge in [0.25, 0.3) is 0 Å². The lowest BCUT2D eigenvalue weighted by molar-refractivity contribution is -0.0143. The van der Waals surface area contributed by atoms with E-state index in [1.54, 1.807) is 0 Å². The molecule has 2 nitrogen and oxygen atoms in total. The normalized spacial score (nSPS) is 32.1. The van der Waals surface area contributed by atoms with Gasteiger partial charge in [0.05, 0.1) is 6.10 Å². The molecular weight excluding hydrogens is 290 g/mol. The fourth-order valence-corrected chi connectivity index (χ4v) is 5.41. The van der Waals surface area contributed by atoms with Crippen LogP contribution < -0.4 is 0 Å². The number of aliphatic hydroxyl groups is 1. The van der Waals surface area contributed by atoms with Crippen molar-refractivity contribution in [1.82, 2.24) is 4.90 Å². The van der Waals surface area contributed by atoms with Gasteiger partial charge in [-0.2, -0.15) is 0 Å². The molecule has 0 bridgehead atoms. The van der Waals surface area contributed by atoms with Gasteiger partial charge in [-0.1, -0.05) is 19.4 Å². The zero-order valence-corrected chi connectivity index (χ0v) is 14.7. The number of hydrogen-bond acceptors (Lipinski definition) is 3. The van der Waals surface area contributed by atoms with Crippen LogP contribution in [-0.4, -0.2) is 35.2 Å². The summed E-state index contributed by atoms with van der Waals surface area (Å²) in [5, 5.41) is 12.4. The van der Waals surface area contributed by atoms with Crippen LogP contribution in [0.2, 0.25) is 0 Å². The summed E-state index contributed by atoms with van der Waals surface area (Å²) in [5.74, 6) is 1.38. The Kier molecular flexibility index (Phi) is 5.95. The minimum atomic E-state index is -0.00885. The van der Waals surface area contributed by atoms with E-state index in [1.165, 1.54) is 62.9 Å². The maximum atomic E-state index is 10.2. The fraction of sp³-hybridized carbons (Fsp3) is 0.789. The minimum absolute atomic E-state index is 0.00885. The van der Waals surface area contributed by atoms with Gasteiger partial charge < -0.3 is 10.0 Å². The highest BCUT2D eigenvalue weighted by Gasteiger charge is 2.38. The van der Waals surface area contributed by atoms with Crippen molar-refractivity contribution in [3.05, 3.63) is 22.4 Å². The van der Waals surface area contributed by atoms with Crippen molar-refractivity contribution in [2.45, 2.75) is 70.4 Å². The molecule has 0 aromatic carbocycles. The Bertz CT molecular complexity index is 433. The molecule has 0 radical (unpaired) electrons. The number of hydrogen-bond donors (Lipinski definition) is 1. The van der Waals surface area contributed by atoms with E-state index in [9.17, 15) is 5.11 Å². The van der Waals surface area contributed by atoms with Crippen molar-refractivity contribution in [3.8, 4) is 0 Å². The molecule has 3 heteroatoms. The molecule has 124 valence electrons. The van der Waals surface area contributed by atoms with Crippen LogP contribution in [0, 0.1) is 11.8 Å². The molecule has 3 rings (SSSR count). The number of nitrogens with zero attached hydrogens (tertiary/aromatic N) is 1. The first-order chi connectivity index (χ1) is 10.8. The molecular formula is C19H31NOS. The molecule has 4 atom stereocenters. The summed E-state index contributed by atoms with van der Waals surface area (Å²) in [7, 11) is 0. The van der Waals surface area contributed by atoms with E-state index < -0.39 is 0 Å². The zero-order chi connectivity index (χ0) is 15.4. The minimum Gasteiger partial charge on any atom is -0.393 e. The SMILES string of the molecule is CCCN(CCc1cccs1)[C@H]1CCC2C(O)CCCC2C1. The van der Waals surface area contributed by atoms with Gasteiger partial charge in [-0.05, 0) is 74.8 Å². The highest BCUT2D eigenvalue weighted by atomic mass is 32.1. The Balaban J connectivity index is 1.57. The first kappa shape index (κ1) is 16.5. The standard InChI is InChI=1S/C19H31NOS/c1-2-11-20(12-10-17-6-4-13-22-17)16-8-9-18-15(14-16)5-3-7-19(18)21/h4,6,13,15-16,18-19,21H,2-3,5,7-12,14H2,1H3/t15?,16-,18?,19?/m0/s1. The van der Waals surface area contributed by atoms with Crippen LogP contribution in [-0.2, 0) is 6.42 Å². The van der Waals surface area contributed by atoms with Crippen LogP contribution in [0.25, 0.3) is 0 Å². The third kappa shape index (κ3) is 3.93. The third-order valence-corrected chi connectivity index (χ3v) is 6.77. The van der Waals surface area contributed by atoms with Crippen molar-refractivity contribution < 1.29 is 5.11 Å². The van der Waals surface area contributed by atoms with Crippen LogP contribution in [0.15, 0.2) is 17.5 Å². The molecule has 1 aromatic rings. The lowest BCUT2D eigenvalue weighted by Crippen LogP contribution is -2.46. The lowest BCUT2D eigenvalue weighted by atomic mass is 9.68. The largest absolute Gasteiger partial charge is 0.393 e. The highest BCUT2D eigenvalue weighted by molar-refractivity contribution is 7.09. The van der Waals surface area contributed by atoms with Crippen LogP contribution in [0.4, 0.5) is 0 Å². The van der Waals surface area contributed by atoms with Crippen molar-refractivity contribution in [1.29, 1.82) is 0 Å². The van der Waals surface area contributed by atoms with Crippen LogP contribution in [0.3, 0.4) is 0 Å². The molecule has 2 aliphatic rings. The van der Waals surface area contributed by atoms with Gasteiger partial charge in [0.2, 0.25) is 0 Å². The number of aliphatic hydroxyl groups excluding tert-OH is 1. The van der Waals surface area contributed by atoms with E-state index in [0.717, 1.165) is 18.4 Å². The molecule has 1 N–H and O–H groups in total. The Morgan fingerprint density at radius 3 is 2.91 bits per heavy atom. The van der Waals surface area contributed by atoms with Gasteiger partial charge in [0.15, 0.2) is 0 Å². The summed E-state index contributed by atoms with van der Waals surface area (Å²) in [6.45, 7) is 4.74. The summed E-state index contributed by atoms with van der Waals surface area (Å²) < 4.78 is 0. The van der Waals surface area contributed by atoms with Crippen molar-refractivity contribution in [2.75, 3.05) is 13.1 Å². The third-order valence-electron chi connectivity index (χ3n) is 5.84. The predicted octanol–water partition coefficient (Wildman–Crippen LogP) is 4.33. The predicted molar refractivity (Wildman–Crippen MR) is 94.4 cm³/mol. The molecule has 0 aliphatic heterocycles. The van der Waals surface area contributed by atoms with Crippen LogP contribution in [0.1, 0.15) is 56.7 Å². The van der Waals surface area contributed by atoms with Crippen molar-refractivity contribution >= 4 is 11.3 Å². The maximum absolute atomic E-state index is 10.2. The second-order valence-electron chi connectivity index (χ2n) is 7.25. The molecule has 0 saturated heterocycles. The van der Waals surface area contributed by atoms with Crippen molar-refractivity contribution in [3.63, 3.8) is 0 Å². The second kappa shape index (κ2) is 7.94. The second-order valence-corrected chi connectivity index (χ2v) is 8.29. The van der Waals surface area contributed by atoms with E-state index in [0.29, 0.717) is 5.92 Å². The Labute approximate surface area is 139 Å². The Morgan fingerprint density at radius 2 is 2.14 bits per heavy atom. The van der Waals surface area contributed by atoms with E-state index >= 15 is 0 Å². The van der Waals surface area contributed by atoms with E-state index in [-0.39, 0.29) is 6.10 Å². The van der Waals surface area contributed by atoms with Gasteiger partial charge in [0, 0.05) is 17.5 Å². The molecule has 1 heterocycles. The quantitative estimate of drug-likeness (QED) is 0.843. The highest BCUT2D eigenvalue weighted by Crippen LogP contribution is 2.42. The van der Waals surface area contributed by atoms with Gasteiger partial charge in [0.1, 0.15) is 0 Å². The average Bonchev–Trinajstić information content (AvgIpc) is 3.05. The Morgan fingerprint density at radius 1 is 1.23 bits per heavy atom. The molecule has 2 fully saturated rings. The summed E-state index contributed by atoms with van der Waals surface area (Å²) in [6.07, 6.45) is 9.93. The molecule has 1 aromatic heterocycles. The summed E-state index contributed by atoms with van der Waals surface area (Å²) in [6, 6.07) is 5.19. The summed E-state index contributed by atoms with van der Waals surface area (Å²) >= 11 is 1.89. The molecule has 0 amide bonds. The lowest BCUT2D eigenvalue weighted by Gasteiger charge is -2.45. The topological polar surface area (TPSA) is 23.5 Å². The van der Waals surface area contributed by atoms with E-state index in [2.05, 4.69) is 29.3 Å². The summed E-state index contributed by atoms with van der Waals surface area (Å²) in [4.78, 5) is 4.26. The smallest absolute Gasteiger partial charge is 0.0571 e. The van der Waals surface area contributed by atoms with E-state index in [1.807, 2.05) is 11.3 Å². The molecule has 0 spiro atoms. The number of rotatable bonds is 6. The average molecular weight is 322 g/mol. The molecule has 3 unspecified atom stereocenters. The number of thiophene rings is 1. The van der Waals surface area contributed by atoms with E-state index in [4.69, 9.17) is 0 Å².